The third-order valence-corrected chi connectivity index (χ3v) is 3.94. The van der Waals surface area contributed by atoms with Crippen LogP contribution in [0.1, 0.15) is 31.7 Å². The van der Waals surface area contributed by atoms with Crippen LogP contribution in [0.5, 0.6) is 11.5 Å². The fourth-order valence-corrected chi connectivity index (χ4v) is 2.75. The van der Waals surface area contributed by atoms with E-state index < -0.39 is 0 Å². The number of benzene rings is 1. The number of hydrogen-bond donors (Lipinski definition) is 2. The van der Waals surface area contributed by atoms with Gasteiger partial charge in [-0.1, -0.05) is 6.07 Å². The molecule has 2 rings (SSSR count). The summed E-state index contributed by atoms with van der Waals surface area (Å²) in [6.45, 7) is 4.24. The minimum absolute atomic E-state index is 0.498. The Morgan fingerprint density at radius 3 is 2.85 bits per heavy atom. The van der Waals surface area contributed by atoms with E-state index in [0.29, 0.717) is 12.1 Å². The summed E-state index contributed by atoms with van der Waals surface area (Å²) < 4.78 is 10.6. The van der Waals surface area contributed by atoms with E-state index >= 15 is 0 Å². The molecular formula is C16H26N2O2. The summed E-state index contributed by atoms with van der Waals surface area (Å²) in [5.41, 5.74) is 1.17. The Bertz CT molecular complexity index is 417. The van der Waals surface area contributed by atoms with Crippen molar-refractivity contribution in [2.45, 2.75) is 44.8 Å². The summed E-state index contributed by atoms with van der Waals surface area (Å²) in [6, 6.07) is 7.14. The molecule has 2 unspecified atom stereocenters. The van der Waals surface area contributed by atoms with Crippen molar-refractivity contribution >= 4 is 0 Å². The van der Waals surface area contributed by atoms with Crippen LogP contribution in [0.3, 0.4) is 0 Å². The van der Waals surface area contributed by atoms with Gasteiger partial charge in [0.2, 0.25) is 0 Å². The maximum atomic E-state index is 5.42. The molecule has 1 aliphatic rings. The summed E-state index contributed by atoms with van der Waals surface area (Å²) in [5.74, 6) is 1.71. The van der Waals surface area contributed by atoms with Gasteiger partial charge in [-0.05, 0) is 38.8 Å². The summed E-state index contributed by atoms with van der Waals surface area (Å²) >= 11 is 0. The molecule has 1 heterocycles. The van der Waals surface area contributed by atoms with Gasteiger partial charge in [0.15, 0.2) is 0 Å². The van der Waals surface area contributed by atoms with Crippen LogP contribution < -0.4 is 20.1 Å². The van der Waals surface area contributed by atoms with E-state index in [2.05, 4.69) is 23.6 Å². The van der Waals surface area contributed by atoms with Gasteiger partial charge in [0.05, 0.1) is 14.2 Å². The van der Waals surface area contributed by atoms with E-state index in [1.807, 2.05) is 12.1 Å². The largest absolute Gasteiger partial charge is 0.497 e. The van der Waals surface area contributed by atoms with Crippen LogP contribution in [-0.4, -0.2) is 32.8 Å². The minimum Gasteiger partial charge on any atom is -0.497 e. The molecule has 20 heavy (non-hydrogen) atoms. The first-order valence-electron chi connectivity index (χ1n) is 7.40. The maximum Gasteiger partial charge on any atom is 0.127 e. The first kappa shape index (κ1) is 15.1. The normalized spacial score (nSPS) is 19.9. The van der Waals surface area contributed by atoms with Crippen molar-refractivity contribution in [3.05, 3.63) is 23.8 Å². The smallest absolute Gasteiger partial charge is 0.127 e. The van der Waals surface area contributed by atoms with Gasteiger partial charge in [-0.15, -0.1) is 0 Å². The molecule has 0 aromatic heterocycles. The van der Waals surface area contributed by atoms with Crippen LogP contribution in [-0.2, 0) is 6.54 Å². The second kappa shape index (κ2) is 7.50. The Hall–Kier alpha value is -1.26. The van der Waals surface area contributed by atoms with Gasteiger partial charge in [-0.2, -0.15) is 0 Å². The molecule has 2 N–H and O–H groups in total. The standard InChI is InChI=1S/C16H26N2O2/c1-12(9-14-5-4-8-17-14)18-11-13-6-7-15(19-2)10-16(13)20-3/h6-7,10,12,14,17-18H,4-5,8-9,11H2,1-3H3. The van der Waals surface area contributed by atoms with E-state index in [4.69, 9.17) is 9.47 Å². The second-order valence-corrected chi connectivity index (χ2v) is 5.49. The van der Waals surface area contributed by atoms with Crippen molar-refractivity contribution in [1.82, 2.24) is 10.6 Å². The van der Waals surface area contributed by atoms with E-state index in [9.17, 15) is 0 Å². The summed E-state index contributed by atoms with van der Waals surface area (Å²) in [7, 11) is 3.37. The van der Waals surface area contributed by atoms with Gasteiger partial charge in [-0.3, -0.25) is 0 Å². The average Bonchev–Trinajstić information content (AvgIpc) is 2.97. The van der Waals surface area contributed by atoms with E-state index in [-0.39, 0.29) is 0 Å². The zero-order chi connectivity index (χ0) is 14.4. The molecule has 4 nitrogen and oxygen atoms in total. The van der Waals surface area contributed by atoms with Crippen molar-refractivity contribution in [2.75, 3.05) is 20.8 Å². The topological polar surface area (TPSA) is 42.5 Å². The van der Waals surface area contributed by atoms with Crippen molar-refractivity contribution in [3.8, 4) is 11.5 Å². The highest BCUT2D eigenvalue weighted by Gasteiger charge is 2.17. The lowest BCUT2D eigenvalue weighted by Gasteiger charge is -2.19. The van der Waals surface area contributed by atoms with Crippen LogP contribution in [0.15, 0.2) is 18.2 Å². The summed E-state index contributed by atoms with van der Waals surface area (Å²) in [5, 5.41) is 7.12. The molecule has 1 aliphatic heterocycles. The SMILES string of the molecule is COc1ccc(CNC(C)CC2CCCN2)c(OC)c1. The van der Waals surface area contributed by atoms with E-state index in [0.717, 1.165) is 18.0 Å². The quantitative estimate of drug-likeness (QED) is 0.803. The van der Waals surface area contributed by atoms with Crippen molar-refractivity contribution in [1.29, 1.82) is 0 Å². The summed E-state index contributed by atoms with van der Waals surface area (Å²) in [4.78, 5) is 0. The first-order chi connectivity index (χ1) is 9.72. The van der Waals surface area contributed by atoms with E-state index in [1.165, 1.54) is 31.4 Å². The molecule has 0 saturated carbocycles. The molecule has 0 spiro atoms. The predicted molar refractivity (Wildman–Crippen MR) is 81.5 cm³/mol. The molecule has 0 amide bonds. The number of nitrogens with one attached hydrogen (secondary N) is 2. The van der Waals surface area contributed by atoms with Crippen LogP contribution in [0.2, 0.25) is 0 Å². The Labute approximate surface area is 121 Å². The Morgan fingerprint density at radius 2 is 2.20 bits per heavy atom. The maximum absolute atomic E-state index is 5.42. The highest BCUT2D eigenvalue weighted by Crippen LogP contribution is 2.24. The third-order valence-electron chi connectivity index (χ3n) is 3.94. The number of ether oxygens (including phenoxy) is 2. The lowest BCUT2D eigenvalue weighted by atomic mass is 10.1. The highest BCUT2D eigenvalue weighted by molar-refractivity contribution is 5.40. The minimum atomic E-state index is 0.498. The van der Waals surface area contributed by atoms with Gasteiger partial charge in [-0.25, -0.2) is 0 Å². The van der Waals surface area contributed by atoms with Crippen LogP contribution in [0.4, 0.5) is 0 Å². The molecule has 1 fully saturated rings. The van der Waals surface area contributed by atoms with Crippen molar-refractivity contribution < 1.29 is 9.47 Å². The Kier molecular flexibility index (Phi) is 5.68. The van der Waals surface area contributed by atoms with Crippen LogP contribution in [0.25, 0.3) is 0 Å². The number of methoxy groups -OCH3 is 2. The summed E-state index contributed by atoms with van der Waals surface area (Å²) in [6.07, 6.45) is 3.79. The molecule has 2 atom stereocenters. The van der Waals surface area contributed by atoms with Crippen LogP contribution >= 0.6 is 0 Å². The van der Waals surface area contributed by atoms with Crippen molar-refractivity contribution in [2.24, 2.45) is 0 Å². The first-order valence-corrected chi connectivity index (χ1v) is 7.40. The lowest BCUT2D eigenvalue weighted by Crippen LogP contribution is -2.33. The highest BCUT2D eigenvalue weighted by atomic mass is 16.5. The van der Waals surface area contributed by atoms with E-state index in [1.54, 1.807) is 14.2 Å². The molecular weight excluding hydrogens is 252 g/mol. The van der Waals surface area contributed by atoms with Gasteiger partial charge >= 0.3 is 0 Å². The van der Waals surface area contributed by atoms with Crippen molar-refractivity contribution in [3.63, 3.8) is 0 Å². The Morgan fingerprint density at radius 1 is 1.35 bits per heavy atom. The monoisotopic (exact) mass is 278 g/mol. The molecule has 0 radical (unpaired) electrons. The molecule has 0 aliphatic carbocycles. The number of hydrogen-bond acceptors (Lipinski definition) is 4. The second-order valence-electron chi connectivity index (χ2n) is 5.49. The molecule has 4 heteroatoms. The van der Waals surface area contributed by atoms with Gasteiger partial charge in [0, 0.05) is 30.3 Å². The zero-order valence-corrected chi connectivity index (χ0v) is 12.7. The lowest BCUT2D eigenvalue weighted by molar-refractivity contribution is 0.386. The molecule has 1 aromatic rings. The zero-order valence-electron chi connectivity index (χ0n) is 12.7. The third kappa shape index (κ3) is 4.12. The number of rotatable bonds is 7. The Balaban J connectivity index is 1.86. The van der Waals surface area contributed by atoms with Gasteiger partial charge < -0.3 is 20.1 Å². The predicted octanol–water partition coefficient (Wildman–Crippen LogP) is 2.32. The van der Waals surface area contributed by atoms with Gasteiger partial charge in [0.1, 0.15) is 11.5 Å². The molecule has 0 bridgehead atoms. The molecule has 112 valence electrons. The fraction of sp³-hybridized carbons (Fsp3) is 0.625. The van der Waals surface area contributed by atoms with Gasteiger partial charge in [0.25, 0.3) is 0 Å². The molecule has 1 saturated heterocycles. The average molecular weight is 278 g/mol. The molecule has 1 aromatic carbocycles. The van der Waals surface area contributed by atoms with Crippen LogP contribution in [0, 0.1) is 0 Å². The fourth-order valence-electron chi connectivity index (χ4n) is 2.75.